The van der Waals surface area contributed by atoms with E-state index in [9.17, 15) is 9.59 Å². The predicted molar refractivity (Wildman–Crippen MR) is 84.3 cm³/mol. The van der Waals surface area contributed by atoms with E-state index < -0.39 is 17.2 Å². The van der Waals surface area contributed by atoms with Gasteiger partial charge < -0.3 is 11.5 Å². The van der Waals surface area contributed by atoms with Gasteiger partial charge in [-0.25, -0.2) is 0 Å². The normalized spacial score (nSPS) is 13.9. The summed E-state index contributed by atoms with van der Waals surface area (Å²) < 4.78 is 0. The average molecular weight is 290 g/mol. The van der Waals surface area contributed by atoms with E-state index in [2.05, 4.69) is 12.1 Å². The Hall–Kier alpha value is -1.84. The summed E-state index contributed by atoms with van der Waals surface area (Å²) in [5.41, 5.74) is 11.3. The van der Waals surface area contributed by atoms with Crippen molar-refractivity contribution in [2.75, 3.05) is 0 Å². The van der Waals surface area contributed by atoms with E-state index in [1.54, 1.807) is 0 Å². The number of carbonyl (C=O) groups excluding carboxylic acids is 2. The topological polar surface area (TPSA) is 86.2 Å². The van der Waals surface area contributed by atoms with Gasteiger partial charge in [-0.2, -0.15) is 0 Å². The number of hydrogen-bond acceptors (Lipinski definition) is 2. The van der Waals surface area contributed by atoms with Crippen LogP contribution in [-0.2, 0) is 16.0 Å². The molecule has 0 heterocycles. The molecular formula is C17H26N2O2. The van der Waals surface area contributed by atoms with Gasteiger partial charge >= 0.3 is 0 Å². The Bertz CT molecular complexity index is 471. The molecule has 0 aliphatic rings. The van der Waals surface area contributed by atoms with Gasteiger partial charge in [0, 0.05) is 6.42 Å². The first-order valence-electron chi connectivity index (χ1n) is 7.48. The van der Waals surface area contributed by atoms with Gasteiger partial charge in [-0.1, -0.05) is 44.2 Å². The maximum atomic E-state index is 11.9. The number of rotatable bonds is 9. The Balaban J connectivity index is 2.75. The molecule has 1 aromatic rings. The summed E-state index contributed by atoms with van der Waals surface area (Å²) in [4.78, 5) is 23.3. The molecule has 0 aromatic heterocycles. The number of aryl methyl sites for hydroxylation is 1. The lowest BCUT2D eigenvalue weighted by molar-refractivity contribution is -0.134. The molecule has 1 aromatic carbocycles. The molecule has 4 N–H and O–H groups in total. The van der Waals surface area contributed by atoms with Crippen LogP contribution in [0.4, 0.5) is 0 Å². The molecule has 0 bridgehead atoms. The first-order chi connectivity index (χ1) is 9.85. The predicted octanol–water partition coefficient (Wildman–Crippen LogP) is 2.40. The van der Waals surface area contributed by atoms with E-state index in [1.807, 2.05) is 32.0 Å². The zero-order valence-corrected chi connectivity index (χ0v) is 13.0. The van der Waals surface area contributed by atoms with Crippen LogP contribution in [0.3, 0.4) is 0 Å². The van der Waals surface area contributed by atoms with Gasteiger partial charge in [0.25, 0.3) is 0 Å². The Labute approximate surface area is 126 Å². The van der Waals surface area contributed by atoms with Crippen molar-refractivity contribution in [3.63, 3.8) is 0 Å². The molecule has 2 amide bonds. The molecule has 4 nitrogen and oxygen atoms in total. The van der Waals surface area contributed by atoms with Crippen LogP contribution in [0.15, 0.2) is 30.3 Å². The van der Waals surface area contributed by atoms with Crippen molar-refractivity contribution in [3.8, 4) is 0 Å². The van der Waals surface area contributed by atoms with Crippen LogP contribution in [0.25, 0.3) is 0 Å². The van der Waals surface area contributed by atoms with Crippen molar-refractivity contribution in [2.45, 2.75) is 46.0 Å². The van der Waals surface area contributed by atoms with Gasteiger partial charge in [-0.3, -0.25) is 9.59 Å². The first kappa shape index (κ1) is 17.2. The second-order valence-electron chi connectivity index (χ2n) is 6.22. The smallest absolute Gasteiger partial charge is 0.224 e. The number of carbonyl (C=O) groups is 2. The third-order valence-electron chi connectivity index (χ3n) is 3.80. The van der Waals surface area contributed by atoms with E-state index in [0.717, 1.165) is 12.8 Å². The van der Waals surface area contributed by atoms with Crippen molar-refractivity contribution in [1.82, 2.24) is 0 Å². The van der Waals surface area contributed by atoms with Crippen LogP contribution >= 0.6 is 0 Å². The van der Waals surface area contributed by atoms with Crippen molar-refractivity contribution >= 4 is 11.8 Å². The number of nitrogens with two attached hydrogens (primary N) is 2. The van der Waals surface area contributed by atoms with Crippen LogP contribution in [-0.4, -0.2) is 11.8 Å². The minimum absolute atomic E-state index is 0.0370. The van der Waals surface area contributed by atoms with E-state index in [1.165, 1.54) is 5.56 Å². The SMILES string of the molecule is CC(C)CC(CCCc1ccccc1)(CC(N)=O)C(N)=O. The molecule has 1 rings (SSSR count). The fourth-order valence-corrected chi connectivity index (χ4v) is 2.96. The van der Waals surface area contributed by atoms with Gasteiger partial charge in [-0.15, -0.1) is 0 Å². The van der Waals surface area contributed by atoms with E-state index in [-0.39, 0.29) is 12.3 Å². The molecular weight excluding hydrogens is 264 g/mol. The van der Waals surface area contributed by atoms with E-state index in [4.69, 9.17) is 11.5 Å². The van der Waals surface area contributed by atoms with E-state index >= 15 is 0 Å². The summed E-state index contributed by atoms with van der Waals surface area (Å²) in [6.45, 7) is 4.05. The average Bonchev–Trinajstić information content (AvgIpc) is 2.38. The lowest BCUT2D eigenvalue weighted by Crippen LogP contribution is -2.41. The number of hydrogen-bond donors (Lipinski definition) is 2. The van der Waals surface area contributed by atoms with Crippen molar-refractivity contribution in [2.24, 2.45) is 22.8 Å². The van der Waals surface area contributed by atoms with E-state index in [0.29, 0.717) is 12.8 Å². The molecule has 0 radical (unpaired) electrons. The van der Waals surface area contributed by atoms with Crippen LogP contribution in [0.5, 0.6) is 0 Å². The van der Waals surface area contributed by atoms with Gasteiger partial charge in [0.15, 0.2) is 0 Å². The summed E-state index contributed by atoms with van der Waals surface area (Å²) in [6.07, 6.45) is 2.91. The minimum atomic E-state index is -0.811. The van der Waals surface area contributed by atoms with Crippen LogP contribution in [0.1, 0.15) is 45.1 Å². The molecule has 0 saturated carbocycles. The van der Waals surface area contributed by atoms with Crippen LogP contribution in [0, 0.1) is 11.3 Å². The van der Waals surface area contributed by atoms with Gasteiger partial charge in [0.05, 0.1) is 5.41 Å². The molecule has 0 fully saturated rings. The molecule has 0 aliphatic heterocycles. The van der Waals surface area contributed by atoms with Crippen LogP contribution < -0.4 is 11.5 Å². The third kappa shape index (κ3) is 5.58. The molecule has 4 heteroatoms. The maximum absolute atomic E-state index is 11.9. The van der Waals surface area contributed by atoms with Crippen molar-refractivity contribution in [1.29, 1.82) is 0 Å². The second-order valence-corrected chi connectivity index (χ2v) is 6.22. The standard InChI is InChI=1S/C17H26N2O2/c1-13(2)11-17(16(19)21,12-15(18)20)10-6-9-14-7-4-3-5-8-14/h3-5,7-8,13H,6,9-12H2,1-2H3,(H2,18,20)(H2,19,21). The van der Waals surface area contributed by atoms with Gasteiger partial charge in [0.2, 0.25) is 11.8 Å². The Morgan fingerprint density at radius 1 is 1.14 bits per heavy atom. The number of amides is 2. The summed E-state index contributed by atoms with van der Waals surface area (Å²) in [6, 6.07) is 10.1. The molecule has 0 aliphatic carbocycles. The quantitative estimate of drug-likeness (QED) is 0.731. The fraction of sp³-hybridized carbons (Fsp3) is 0.529. The Kier molecular flexibility index (Phi) is 6.40. The summed E-state index contributed by atoms with van der Waals surface area (Å²) >= 11 is 0. The highest BCUT2D eigenvalue weighted by Crippen LogP contribution is 2.35. The fourth-order valence-electron chi connectivity index (χ4n) is 2.96. The number of primary amides is 2. The lowest BCUT2D eigenvalue weighted by atomic mass is 9.72. The second kappa shape index (κ2) is 7.81. The lowest BCUT2D eigenvalue weighted by Gasteiger charge is -2.31. The molecule has 1 unspecified atom stereocenters. The largest absolute Gasteiger partial charge is 0.370 e. The Morgan fingerprint density at radius 2 is 1.76 bits per heavy atom. The highest BCUT2D eigenvalue weighted by molar-refractivity contribution is 5.87. The molecule has 21 heavy (non-hydrogen) atoms. The van der Waals surface area contributed by atoms with Gasteiger partial charge in [0.1, 0.15) is 0 Å². The van der Waals surface area contributed by atoms with Crippen molar-refractivity contribution < 1.29 is 9.59 Å². The zero-order valence-electron chi connectivity index (χ0n) is 13.0. The zero-order chi connectivity index (χ0) is 15.9. The highest BCUT2D eigenvalue weighted by atomic mass is 16.2. The highest BCUT2D eigenvalue weighted by Gasteiger charge is 2.38. The van der Waals surface area contributed by atoms with Crippen molar-refractivity contribution in [3.05, 3.63) is 35.9 Å². The summed E-state index contributed by atoms with van der Waals surface area (Å²) in [5.74, 6) is -0.592. The molecule has 1 atom stereocenters. The monoisotopic (exact) mass is 290 g/mol. The number of benzene rings is 1. The Morgan fingerprint density at radius 3 is 2.24 bits per heavy atom. The molecule has 116 valence electrons. The first-order valence-corrected chi connectivity index (χ1v) is 7.48. The molecule has 0 spiro atoms. The van der Waals surface area contributed by atoms with Crippen LogP contribution in [0.2, 0.25) is 0 Å². The molecule has 0 saturated heterocycles. The minimum Gasteiger partial charge on any atom is -0.370 e. The summed E-state index contributed by atoms with van der Waals surface area (Å²) in [7, 11) is 0. The summed E-state index contributed by atoms with van der Waals surface area (Å²) in [5, 5.41) is 0. The maximum Gasteiger partial charge on any atom is 0.224 e. The van der Waals surface area contributed by atoms with Gasteiger partial charge in [-0.05, 0) is 37.2 Å². The third-order valence-corrected chi connectivity index (χ3v) is 3.80.